The van der Waals surface area contributed by atoms with Gasteiger partial charge in [-0.05, 0) is 31.0 Å². The van der Waals surface area contributed by atoms with E-state index in [1.165, 1.54) is 0 Å². The van der Waals surface area contributed by atoms with E-state index in [0.717, 1.165) is 16.1 Å². The van der Waals surface area contributed by atoms with Gasteiger partial charge in [0.2, 0.25) is 0 Å². The molecule has 0 fully saturated rings. The van der Waals surface area contributed by atoms with Gasteiger partial charge in [-0.3, -0.25) is 0 Å². The van der Waals surface area contributed by atoms with Gasteiger partial charge in [0.1, 0.15) is 0 Å². The molecule has 2 rings (SSSR count). The maximum Gasteiger partial charge on any atom is 0.0992 e. The van der Waals surface area contributed by atoms with Crippen LogP contribution in [-0.2, 0) is 5.60 Å². The minimum atomic E-state index is -0.906. The number of halogens is 1. The second-order valence-electron chi connectivity index (χ2n) is 5.26. The topological polar surface area (TPSA) is 32.3 Å². The van der Waals surface area contributed by atoms with Crippen LogP contribution in [0.2, 0.25) is 5.02 Å². The molecular formula is C17H20ClNO. The van der Waals surface area contributed by atoms with E-state index in [-0.39, 0.29) is 6.04 Å². The van der Waals surface area contributed by atoms with Crippen LogP contribution in [0.25, 0.3) is 0 Å². The third-order valence-electron chi connectivity index (χ3n) is 3.52. The molecule has 0 bridgehead atoms. The van der Waals surface area contributed by atoms with Crippen LogP contribution in [0.3, 0.4) is 0 Å². The Hall–Kier alpha value is -1.35. The van der Waals surface area contributed by atoms with Crippen LogP contribution in [-0.4, -0.2) is 11.7 Å². The highest BCUT2D eigenvalue weighted by atomic mass is 35.5. The molecule has 0 aliphatic carbocycles. The van der Waals surface area contributed by atoms with Crippen molar-refractivity contribution in [1.29, 1.82) is 0 Å². The number of benzene rings is 2. The molecule has 106 valence electrons. The molecule has 0 spiro atoms. The molecule has 0 aliphatic rings. The Labute approximate surface area is 125 Å². The predicted molar refractivity (Wildman–Crippen MR) is 83.9 cm³/mol. The van der Waals surface area contributed by atoms with E-state index in [9.17, 15) is 5.11 Å². The van der Waals surface area contributed by atoms with E-state index in [1.807, 2.05) is 68.4 Å². The summed E-state index contributed by atoms with van der Waals surface area (Å²) in [5.41, 5.74) is 1.04. The summed E-state index contributed by atoms with van der Waals surface area (Å²) >= 11 is 6.18. The predicted octanol–water partition coefficient (Wildman–Crippen LogP) is 3.90. The first-order chi connectivity index (χ1) is 9.50. The molecule has 2 aromatic rings. The average Bonchev–Trinajstić information content (AvgIpc) is 2.46. The Morgan fingerprint density at radius 2 is 1.70 bits per heavy atom. The van der Waals surface area contributed by atoms with Crippen molar-refractivity contribution in [3.63, 3.8) is 0 Å². The fraction of sp³-hybridized carbons (Fsp3) is 0.294. The first-order valence-corrected chi connectivity index (χ1v) is 7.14. The SMILES string of the molecule is C[C@H](NCC(C)(O)c1ccccc1)c1ccccc1Cl. The summed E-state index contributed by atoms with van der Waals surface area (Å²) in [7, 11) is 0. The standard InChI is InChI=1S/C17H20ClNO/c1-13(15-10-6-7-11-16(15)18)19-12-17(2,20)14-8-4-3-5-9-14/h3-11,13,19-20H,12H2,1-2H3/t13-,17?/m0/s1. The van der Waals surface area contributed by atoms with Crippen LogP contribution in [0.15, 0.2) is 54.6 Å². The molecule has 0 amide bonds. The van der Waals surface area contributed by atoms with Crippen molar-refractivity contribution in [1.82, 2.24) is 5.32 Å². The van der Waals surface area contributed by atoms with E-state index >= 15 is 0 Å². The Kier molecular flexibility index (Phi) is 4.81. The second-order valence-corrected chi connectivity index (χ2v) is 5.67. The highest BCUT2D eigenvalue weighted by molar-refractivity contribution is 6.31. The molecular weight excluding hydrogens is 270 g/mol. The maximum atomic E-state index is 10.6. The van der Waals surface area contributed by atoms with E-state index < -0.39 is 5.60 Å². The molecule has 0 aromatic heterocycles. The minimum Gasteiger partial charge on any atom is -0.384 e. The van der Waals surface area contributed by atoms with Gasteiger partial charge >= 0.3 is 0 Å². The quantitative estimate of drug-likeness (QED) is 0.875. The molecule has 3 heteroatoms. The van der Waals surface area contributed by atoms with Gasteiger partial charge in [0.25, 0.3) is 0 Å². The summed E-state index contributed by atoms with van der Waals surface area (Å²) in [5.74, 6) is 0. The van der Waals surface area contributed by atoms with Crippen molar-refractivity contribution in [3.8, 4) is 0 Å². The molecule has 20 heavy (non-hydrogen) atoms. The van der Waals surface area contributed by atoms with Crippen molar-refractivity contribution in [3.05, 3.63) is 70.7 Å². The fourth-order valence-corrected chi connectivity index (χ4v) is 2.49. The lowest BCUT2D eigenvalue weighted by atomic mass is 9.95. The van der Waals surface area contributed by atoms with Crippen LogP contribution in [0.1, 0.15) is 31.0 Å². The monoisotopic (exact) mass is 289 g/mol. The van der Waals surface area contributed by atoms with Crippen molar-refractivity contribution in [2.45, 2.75) is 25.5 Å². The van der Waals surface area contributed by atoms with Crippen LogP contribution in [0, 0.1) is 0 Å². The van der Waals surface area contributed by atoms with Gasteiger partial charge in [-0.1, -0.05) is 60.1 Å². The lowest BCUT2D eigenvalue weighted by molar-refractivity contribution is 0.0543. The zero-order valence-electron chi connectivity index (χ0n) is 11.8. The van der Waals surface area contributed by atoms with E-state index in [4.69, 9.17) is 11.6 Å². The minimum absolute atomic E-state index is 0.0823. The fourth-order valence-electron chi connectivity index (χ4n) is 2.19. The van der Waals surface area contributed by atoms with Crippen LogP contribution in [0.5, 0.6) is 0 Å². The van der Waals surface area contributed by atoms with Gasteiger partial charge in [0, 0.05) is 17.6 Å². The van der Waals surface area contributed by atoms with Crippen LogP contribution >= 0.6 is 11.6 Å². The zero-order chi connectivity index (χ0) is 14.6. The summed E-state index contributed by atoms with van der Waals surface area (Å²) in [4.78, 5) is 0. The molecule has 2 aromatic carbocycles. The van der Waals surface area contributed by atoms with Gasteiger partial charge in [0.05, 0.1) is 5.60 Å². The Morgan fingerprint density at radius 3 is 2.35 bits per heavy atom. The zero-order valence-corrected chi connectivity index (χ0v) is 12.6. The first-order valence-electron chi connectivity index (χ1n) is 6.76. The third kappa shape index (κ3) is 3.60. The van der Waals surface area contributed by atoms with Gasteiger partial charge < -0.3 is 10.4 Å². The smallest absolute Gasteiger partial charge is 0.0992 e. The Bertz CT molecular complexity index is 554. The highest BCUT2D eigenvalue weighted by Crippen LogP contribution is 2.24. The number of nitrogens with one attached hydrogen (secondary N) is 1. The molecule has 0 saturated heterocycles. The molecule has 2 N–H and O–H groups in total. The number of aliphatic hydroxyl groups is 1. The Morgan fingerprint density at radius 1 is 1.10 bits per heavy atom. The molecule has 1 unspecified atom stereocenters. The molecule has 2 atom stereocenters. The molecule has 2 nitrogen and oxygen atoms in total. The largest absolute Gasteiger partial charge is 0.384 e. The first kappa shape index (κ1) is 15.0. The van der Waals surface area contributed by atoms with E-state index in [2.05, 4.69) is 5.32 Å². The van der Waals surface area contributed by atoms with Gasteiger partial charge in [0.15, 0.2) is 0 Å². The average molecular weight is 290 g/mol. The van der Waals surface area contributed by atoms with Gasteiger partial charge in [-0.15, -0.1) is 0 Å². The summed E-state index contributed by atoms with van der Waals surface area (Å²) < 4.78 is 0. The highest BCUT2D eigenvalue weighted by Gasteiger charge is 2.23. The second kappa shape index (κ2) is 6.40. The van der Waals surface area contributed by atoms with E-state index in [1.54, 1.807) is 0 Å². The summed E-state index contributed by atoms with van der Waals surface area (Å²) in [6.07, 6.45) is 0. The van der Waals surface area contributed by atoms with Crippen molar-refractivity contribution >= 4 is 11.6 Å². The molecule has 0 saturated carbocycles. The van der Waals surface area contributed by atoms with Crippen molar-refractivity contribution in [2.75, 3.05) is 6.54 Å². The maximum absolute atomic E-state index is 10.6. The summed E-state index contributed by atoms with van der Waals surface area (Å²) in [6.45, 7) is 4.32. The number of hydrogen-bond donors (Lipinski definition) is 2. The van der Waals surface area contributed by atoms with Crippen molar-refractivity contribution in [2.24, 2.45) is 0 Å². The lowest BCUT2D eigenvalue weighted by Gasteiger charge is -2.27. The molecule has 0 radical (unpaired) electrons. The summed E-state index contributed by atoms with van der Waals surface area (Å²) in [5, 5.41) is 14.6. The summed E-state index contributed by atoms with van der Waals surface area (Å²) in [6, 6.07) is 17.5. The van der Waals surface area contributed by atoms with Crippen LogP contribution in [0.4, 0.5) is 0 Å². The van der Waals surface area contributed by atoms with Crippen LogP contribution < -0.4 is 5.32 Å². The normalized spacial score (nSPS) is 15.6. The molecule has 0 heterocycles. The third-order valence-corrected chi connectivity index (χ3v) is 3.86. The van der Waals surface area contributed by atoms with Gasteiger partial charge in [-0.2, -0.15) is 0 Å². The van der Waals surface area contributed by atoms with Gasteiger partial charge in [-0.25, -0.2) is 0 Å². The van der Waals surface area contributed by atoms with Crippen molar-refractivity contribution < 1.29 is 5.11 Å². The Balaban J connectivity index is 2.03. The lowest BCUT2D eigenvalue weighted by Crippen LogP contribution is -2.36. The number of rotatable bonds is 5. The number of hydrogen-bond acceptors (Lipinski definition) is 2. The van der Waals surface area contributed by atoms with E-state index in [0.29, 0.717) is 6.54 Å². The molecule has 0 aliphatic heterocycles.